The molecule has 0 aromatic rings. The average Bonchev–Trinajstić information content (AvgIpc) is 3.37. The van der Waals surface area contributed by atoms with E-state index in [-0.39, 0.29) is 25.4 Å². The molecule has 4 atom stereocenters. The molecule has 6 heteroatoms. The van der Waals surface area contributed by atoms with Gasteiger partial charge in [-0.25, -0.2) is 0 Å². The van der Waals surface area contributed by atoms with Crippen LogP contribution >= 0.6 is 0 Å². The van der Waals surface area contributed by atoms with Gasteiger partial charge in [-0.15, -0.1) is 0 Å². The zero-order chi connectivity index (χ0) is 50.2. The fraction of sp³-hybridized carbons (Fsp3) is 1.00. The van der Waals surface area contributed by atoms with Crippen LogP contribution in [0.25, 0.3) is 0 Å². The van der Waals surface area contributed by atoms with E-state index < -0.39 is 0 Å². The summed E-state index contributed by atoms with van der Waals surface area (Å²) in [5.41, 5.74) is 0. The van der Waals surface area contributed by atoms with Crippen molar-refractivity contribution in [1.82, 2.24) is 0 Å². The third kappa shape index (κ3) is 52.6. The summed E-state index contributed by atoms with van der Waals surface area (Å²) in [6.07, 6.45) is 68.1. The quantitative estimate of drug-likeness (QED) is 0.287. The molecule has 420 valence electrons. The van der Waals surface area contributed by atoms with Crippen LogP contribution in [0, 0.1) is 11.8 Å². The first kappa shape index (κ1) is 67.8. The summed E-state index contributed by atoms with van der Waals surface area (Å²) in [6, 6.07) is 0. The van der Waals surface area contributed by atoms with Crippen LogP contribution in [0.15, 0.2) is 0 Å². The highest BCUT2D eigenvalue weighted by atomic mass is 16.5. The second-order valence-electron chi connectivity index (χ2n) is 23.1. The minimum absolute atomic E-state index is 0.0605. The molecule has 0 radical (unpaired) electrons. The topological polar surface area (TPSA) is 77.4 Å². The molecule has 1 rings (SSSR count). The van der Waals surface area contributed by atoms with Crippen molar-refractivity contribution in [3.05, 3.63) is 0 Å². The Morgan fingerprint density at radius 3 is 0.643 bits per heavy atom. The fourth-order valence-electron chi connectivity index (χ4n) is 10.8. The van der Waals surface area contributed by atoms with E-state index in [1.807, 2.05) is 0 Å². The molecule has 1 aliphatic heterocycles. The van der Waals surface area contributed by atoms with Gasteiger partial charge >= 0.3 is 0 Å². The van der Waals surface area contributed by atoms with Gasteiger partial charge in [0.1, 0.15) is 12.2 Å². The molecular weight excluding hydrogens is 865 g/mol. The number of aliphatic hydroxyl groups excluding tert-OH is 2. The second kappa shape index (κ2) is 58.0. The number of ether oxygens (including phenoxy) is 4. The van der Waals surface area contributed by atoms with Gasteiger partial charge in [0.2, 0.25) is 0 Å². The molecule has 4 unspecified atom stereocenters. The van der Waals surface area contributed by atoms with Crippen LogP contribution in [-0.2, 0) is 18.9 Å². The molecule has 1 heterocycles. The maximum atomic E-state index is 9.76. The van der Waals surface area contributed by atoms with E-state index in [2.05, 4.69) is 13.8 Å². The van der Waals surface area contributed by atoms with E-state index in [1.165, 1.54) is 295 Å². The zero-order valence-electron chi connectivity index (χ0n) is 47.8. The number of hydrogen-bond donors (Lipinski definition) is 2. The predicted octanol–water partition coefficient (Wildman–Crippen LogP) is 19.6. The molecular formula is C64H128O6. The Bertz CT molecular complexity index is 949. The van der Waals surface area contributed by atoms with Gasteiger partial charge in [0.25, 0.3) is 0 Å². The van der Waals surface area contributed by atoms with E-state index in [9.17, 15) is 10.2 Å². The van der Waals surface area contributed by atoms with Crippen molar-refractivity contribution in [2.24, 2.45) is 11.8 Å². The molecule has 0 aromatic heterocycles. The Balaban J connectivity index is 2.17. The van der Waals surface area contributed by atoms with Gasteiger partial charge in [0, 0.05) is 26.4 Å². The van der Waals surface area contributed by atoms with E-state index >= 15 is 0 Å². The molecule has 0 bridgehead atoms. The third-order valence-electron chi connectivity index (χ3n) is 15.9. The number of hydrogen-bond acceptors (Lipinski definition) is 6. The second-order valence-corrected chi connectivity index (χ2v) is 23.1. The van der Waals surface area contributed by atoms with Crippen LogP contribution < -0.4 is 0 Å². The lowest BCUT2D eigenvalue weighted by Crippen LogP contribution is -2.24. The molecule has 0 aliphatic carbocycles. The van der Waals surface area contributed by atoms with Crippen molar-refractivity contribution >= 4 is 0 Å². The molecule has 1 saturated heterocycles. The van der Waals surface area contributed by atoms with E-state index in [4.69, 9.17) is 18.9 Å². The molecule has 2 N–H and O–H groups in total. The molecule has 0 aromatic carbocycles. The highest BCUT2D eigenvalue weighted by molar-refractivity contribution is 4.62. The molecule has 1 aliphatic rings. The smallest absolute Gasteiger partial charge is 0.104 e. The number of aliphatic hydroxyl groups is 2. The molecule has 0 saturated carbocycles. The minimum Gasteiger partial charge on any atom is -0.394 e. The maximum absolute atomic E-state index is 9.76. The maximum Gasteiger partial charge on any atom is 0.104 e. The van der Waals surface area contributed by atoms with Crippen molar-refractivity contribution < 1.29 is 29.2 Å². The van der Waals surface area contributed by atoms with Crippen molar-refractivity contribution in [1.29, 1.82) is 0 Å². The molecule has 1 fully saturated rings. The van der Waals surface area contributed by atoms with E-state index in [0.29, 0.717) is 13.2 Å². The van der Waals surface area contributed by atoms with Gasteiger partial charge in [-0.1, -0.05) is 309 Å². The minimum atomic E-state index is -0.165. The van der Waals surface area contributed by atoms with Crippen molar-refractivity contribution in [2.45, 2.75) is 347 Å². The first-order chi connectivity index (χ1) is 34.7. The third-order valence-corrected chi connectivity index (χ3v) is 15.9. The van der Waals surface area contributed by atoms with Crippen LogP contribution in [0.1, 0.15) is 335 Å². The Kier molecular flexibility index (Phi) is 56.2. The monoisotopic (exact) mass is 993 g/mol. The Hall–Kier alpha value is -0.240. The van der Waals surface area contributed by atoms with Gasteiger partial charge in [0.05, 0.1) is 26.4 Å². The van der Waals surface area contributed by atoms with Crippen molar-refractivity contribution in [3.63, 3.8) is 0 Å². The normalized spacial score (nSPS) is 27.3. The van der Waals surface area contributed by atoms with Crippen molar-refractivity contribution in [3.8, 4) is 0 Å². The van der Waals surface area contributed by atoms with Gasteiger partial charge in [0.15, 0.2) is 0 Å². The summed E-state index contributed by atoms with van der Waals surface area (Å²) in [5, 5.41) is 19.5. The summed E-state index contributed by atoms with van der Waals surface area (Å²) in [4.78, 5) is 0. The average molecular weight is 994 g/mol. The van der Waals surface area contributed by atoms with Crippen LogP contribution in [0.2, 0.25) is 0 Å². The zero-order valence-corrected chi connectivity index (χ0v) is 47.8. The number of rotatable bonds is 2. The predicted molar refractivity (Wildman–Crippen MR) is 304 cm³/mol. The Morgan fingerprint density at radius 1 is 0.243 bits per heavy atom. The van der Waals surface area contributed by atoms with Gasteiger partial charge in [-0.2, -0.15) is 0 Å². The van der Waals surface area contributed by atoms with Crippen LogP contribution in [0.5, 0.6) is 0 Å². The largest absolute Gasteiger partial charge is 0.394 e. The lowest BCUT2D eigenvalue weighted by Gasteiger charge is -2.16. The molecule has 6 nitrogen and oxygen atoms in total. The first-order valence-corrected chi connectivity index (χ1v) is 32.3. The van der Waals surface area contributed by atoms with Crippen molar-refractivity contribution in [2.75, 3.05) is 52.9 Å². The highest BCUT2D eigenvalue weighted by Gasteiger charge is 2.10. The van der Waals surface area contributed by atoms with E-state index in [1.54, 1.807) is 0 Å². The highest BCUT2D eigenvalue weighted by Crippen LogP contribution is 2.23. The SMILES string of the molecule is CC1CCCCCCCCCCCCOCC(CO)OCCCCCCCCCCCCCCCCCCCCCCCCCCCCOCC(CO)OCCCCCCCCCCCCC(C)CC1. The summed E-state index contributed by atoms with van der Waals surface area (Å²) >= 11 is 0. The first-order valence-electron chi connectivity index (χ1n) is 32.3. The molecule has 0 amide bonds. The van der Waals surface area contributed by atoms with Crippen LogP contribution in [0.4, 0.5) is 0 Å². The summed E-state index contributed by atoms with van der Waals surface area (Å²) in [7, 11) is 0. The van der Waals surface area contributed by atoms with Gasteiger partial charge in [-0.05, 0) is 37.5 Å². The fourth-order valence-corrected chi connectivity index (χ4v) is 10.8. The summed E-state index contributed by atoms with van der Waals surface area (Å²) < 4.78 is 23.7. The Labute approximate surface area is 439 Å². The molecule has 70 heavy (non-hydrogen) atoms. The standard InChI is InChI=1S/C64H128O6/c1-61-49-43-37-31-25-19-23-28-34-40-46-54-68-60-63(57-65)69-55-47-41-35-29-22-18-16-14-12-10-8-6-4-3-5-7-9-11-13-15-17-21-27-33-39-45-53-67-59-64(58-66)70-56-48-42-36-30-24-20-26-32-38-44-50-62(2)52-51-61/h61-66H,3-60H2,1-2H3. The lowest BCUT2D eigenvalue weighted by molar-refractivity contribution is -0.0437. The van der Waals surface area contributed by atoms with E-state index in [0.717, 1.165) is 63.9 Å². The lowest BCUT2D eigenvalue weighted by atomic mass is 9.91. The molecule has 0 spiro atoms. The van der Waals surface area contributed by atoms with Crippen LogP contribution in [0.3, 0.4) is 0 Å². The van der Waals surface area contributed by atoms with Gasteiger partial charge in [-0.3, -0.25) is 0 Å². The van der Waals surface area contributed by atoms with Crippen LogP contribution in [-0.4, -0.2) is 75.3 Å². The summed E-state index contributed by atoms with van der Waals surface area (Å²) in [5.74, 6) is 1.78. The summed E-state index contributed by atoms with van der Waals surface area (Å²) in [6.45, 7) is 9.26. The Morgan fingerprint density at radius 2 is 0.429 bits per heavy atom. The van der Waals surface area contributed by atoms with Gasteiger partial charge < -0.3 is 29.2 Å².